The highest BCUT2D eigenvalue weighted by Crippen LogP contribution is 2.34. The minimum atomic E-state index is -3.50. The molecule has 0 N–H and O–H groups in total. The number of aromatic nitrogens is 1. The Hall–Kier alpha value is -2.54. The highest BCUT2D eigenvalue weighted by Gasteiger charge is 2.21. The molecule has 134 valence electrons. The molecule has 1 aromatic carbocycles. The zero-order chi connectivity index (χ0) is 18.3. The molecule has 2 aromatic rings. The molecule has 2 aliphatic rings. The molecule has 3 heterocycles. The van der Waals surface area contributed by atoms with E-state index in [9.17, 15) is 8.42 Å². The molecule has 0 aliphatic carbocycles. The third-order valence-corrected chi connectivity index (χ3v) is 6.36. The third kappa shape index (κ3) is 2.92. The van der Waals surface area contributed by atoms with E-state index in [1.165, 1.54) is 18.4 Å². The van der Waals surface area contributed by atoms with E-state index < -0.39 is 10.0 Å². The first-order valence-corrected chi connectivity index (χ1v) is 9.89. The van der Waals surface area contributed by atoms with Crippen molar-refractivity contribution in [1.82, 2.24) is 14.3 Å². The summed E-state index contributed by atoms with van der Waals surface area (Å²) >= 11 is 0. The first-order chi connectivity index (χ1) is 12.4. The van der Waals surface area contributed by atoms with Crippen molar-refractivity contribution in [2.75, 3.05) is 27.2 Å². The molecular formula is C18H19N5O2S. The highest BCUT2D eigenvalue weighted by molar-refractivity contribution is 7.89. The van der Waals surface area contributed by atoms with E-state index in [2.05, 4.69) is 20.9 Å². The van der Waals surface area contributed by atoms with Crippen LogP contribution in [-0.2, 0) is 10.0 Å². The Kier molecular flexibility index (Phi) is 4.11. The molecule has 0 bridgehead atoms. The molecule has 4 rings (SSSR count). The zero-order valence-corrected chi connectivity index (χ0v) is 15.5. The van der Waals surface area contributed by atoms with Crippen molar-refractivity contribution in [3.63, 3.8) is 0 Å². The Bertz CT molecular complexity index is 1130. The molecule has 7 nitrogen and oxygen atoms in total. The molecule has 0 amide bonds. The number of hydrogen-bond donors (Lipinski definition) is 0. The van der Waals surface area contributed by atoms with E-state index in [4.69, 9.17) is 0 Å². The van der Waals surface area contributed by atoms with Crippen molar-refractivity contribution in [3.8, 4) is 11.1 Å². The van der Waals surface area contributed by atoms with Crippen LogP contribution in [0.4, 0.5) is 5.69 Å². The molecule has 1 saturated heterocycles. The van der Waals surface area contributed by atoms with E-state index in [0.717, 1.165) is 48.1 Å². The second-order valence-electron chi connectivity index (χ2n) is 6.54. The first kappa shape index (κ1) is 16.9. The van der Waals surface area contributed by atoms with Gasteiger partial charge in [-0.1, -0.05) is 0 Å². The van der Waals surface area contributed by atoms with Gasteiger partial charge in [-0.25, -0.2) is 22.7 Å². The molecule has 0 unspecified atom stereocenters. The summed E-state index contributed by atoms with van der Waals surface area (Å²) in [5, 5.41) is 7.66. The lowest BCUT2D eigenvalue weighted by molar-refractivity contribution is 0.363. The van der Waals surface area contributed by atoms with Gasteiger partial charge >= 0.3 is 0 Å². The predicted octanol–water partition coefficient (Wildman–Crippen LogP) is 0.616. The number of nitrogens with zero attached hydrogens (tertiary/aromatic N) is 5. The van der Waals surface area contributed by atoms with E-state index in [-0.39, 0.29) is 4.90 Å². The fourth-order valence-corrected chi connectivity index (χ4v) is 3.99. The van der Waals surface area contributed by atoms with Crippen LogP contribution < -0.4 is 10.7 Å². The minimum absolute atomic E-state index is 0.248. The largest absolute Gasteiger partial charge is 0.289 e. The van der Waals surface area contributed by atoms with Gasteiger partial charge in [-0.2, -0.15) is 0 Å². The van der Waals surface area contributed by atoms with Gasteiger partial charge in [0.2, 0.25) is 10.0 Å². The fraction of sp³-hybridized carbons (Fsp3) is 0.333. The number of hydrazone groups is 1. The monoisotopic (exact) mass is 369 g/mol. The highest BCUT2D eigenvalue weighted by atomic mass is 32.2. The van der Waals surface area contributed by atoms with Crippen molar-refractivity contribution in [3.05, 3.63) is 41.2 Å². The Labute approximate surface area is 152 Å². The molecule has 0 saturated carbocycles. The van der Waals surface area contributed by atoms with Crippen LogP contribution in [0.1, 0.15) is 12.8 Å². The van der Waals surface area contributed by atoms with Crippen molar-refractivity contribution < 1.29 is 8.42 Å². The summed E-state index contributed by atoms with van der Waals surface area (Å²) in [6.45, 7) is 1.89. The average Bonchev–Trinajstić information content (AvgIpc) is 3.26. The number of hydrogen-bond acceptors (Lipinski definition) is 6. The first-order valence-electron chi connectivity index (χ1n) is 8.45. The predicted molar refractivity (Wildman–Crippen MR) is 98.3 cm³/mol. The molecule has 0 atom stereocenters. The molecule has 26 heavy (non-hydrogen) atoms. The van der Waals surface area contributed by atoms with E-state index in [1.54, 1.807) is 24.4 Å². The summed E-state index contributed by atoms with van der Waals surface area (Å²) in [6, 6.07) is 6.84. The van der Waals surface area contributed by atoms with E-state index in [0.29, 0.717) is 5.35 Å². The maximum atomic E-state index is 12.4. The van der Waals surface area contributed by atoms with E-state index in [1.807, 2.05) is 11.1 Å². The van der Waals surface area contributed by atoms with Gasteiger partial charge < -0.3 is 0 Å². The van der Waals surface area contributed by atoms with Crippen molar-refractivity contribution in [1.29, 1.82) is 0 Å². The molecule has 8 heteroatoms. The number of sulfonamides is 1. The SMILES string of the molecule is CN(C)S(=O)(=O)c1ccc2c(c1)-c1cc(=C=NN3CCCC3)ncc1=N2. The van der Waals surface area contributed by atoms with Crippen LogP contribution in [-0.4, -0.2) is 55.8 Å². The van der Waals surface area contributed by atoms with Crippen LogP contribution in [0.5, 0.6) is 0 Å². The van der Waals surface area contributed by atoms with Gasteiger partial charge in [-0.3, -0.25) is 5.01 Å². The lowest BCUT2D eigenvalue weighted by Crippen LogP contribution is -2.22. The second kappa shape index (κ2) is 6.32. The van der Waals surface area contributed by atoms with Crippen LogP contribution in [0.15, 0.2) is 45.5 Å². The van der Waals surface area contributed by atoms with Crippen LogP contribution in [0.25, 0.3) is 11.1 Å². The number of pyridine rings is 1. The van der Waals surface area contributed by atoms with Gasteiger partial charge in [0.15, 0.2) is 0 Å². The minimum Gasteiger partial charge on any atom is -0.289 e. The van der Waals surface area contributed by atoms with Gasteiger partial charge in [-0.05, 0) is 37.1 Å². The maximum absolute atomic E-state index is 12.4. The van der Waals surface area contributed by atoms with Crippen LogP contribution >= 0.6 is 0 Å². The van der Waals surface area contributed by atoms with Crippen LogP contribution in [0.3, 0.4) is 0 Å². The van der Waals surface area contributed by atoms with Crippen LogP contribution in [0.2, 0.25) is 0 Å². The third-order valence-electron chi connectivity index (χ3n) is 4.55. The number of fused-ring (bicyclic) bond motifs is 3. The fourth-order valence-electron chi connectivity index (χ4n) is 3.07. The molecule has 0 radical (unpaired) electrons. The normalized spacial score (nSPS) is 15.4. The van der Waals surface area contributed by atoms with Crippen molar-refractivity contribution in [2.24, 2.45) is 10.1 Å². The Morgan fingerprint density at radius 2 is 1.92 bits per heavy atom. The second-order valence-corrected chi connectivity index (χ2v) is 8.69. The summed E-state index contributed by atoms with van der Waals surface area (Å²) in [4.78, 5) is 9.11. The van der Waals surface area contributed by atoms with Gasteiger partial charge in [0, 0.05) is 44.2 Å². The Balaban J connectivity index is 1.80. The summed E-state index contributed by atoms with van der Waals surface area (Å²) in [5.41, 5.74) is 2.38. The zero-order valence-electron chi connectivity index (χ0n) is 14.7. The number of rotatable bonds is 3. The summed E-state index contributed by atoms with van der Waals surface area (Å²) in [5.74, 6) is 2.98. The Morgan fingerprint density at radius 1 is 1.15 bits per heavy atom. The standard InChI is InChI=1S/C18H19N5O2S/c1-22(2)26(24,25)14-5-6-17-16(10-14)15-9-13(19-12-18(15)21-17)11-20-23-7-3-4-8-23/h5-6,9-10,12H,3-4,7-8H2,1-2H3. The lowest BCUT2D eigenvalue weighted by Gasteiger charge is -2.12. The van der Waals surface area contributed by atoms with Gasteiger partial charge in [0.25, 0.3) is 0 Å². The van der Waals surface area contributed by atoms with Crippen molar-refractivity contribution in [2.45, 2.75) is 17.7 Å². The van der Waals surface area contributed by atoms with Gasteiger partial charge in [-0.15, -0.1) is 5.10 Å². The summed E-state index contributed by atoms with van der Waals surface area (Å²) in [7, 11) is -0.456. The quantitative estimate of drug-likeness (QED) is 0.634. The number of benzene rings is 1. The molecular weight excluding hydrogens is 350 g/mol. The molecule has 1 aromatic heterocycles. The average molecular weight is 369 g/mol. The maximum Gasteiger partial charge on any atom is 0.242 e. The van der Waals surface area contributed by atoms with Gasteiger partial charge in [0.1, 0.15) is 5.35 Å². The van der Waals surface area contributed by atoms with Crippen LogP contribution in [0, 0.1) is 0 Å². The van der Waals surface area contributed by atoms with Crippen molar-refractivity contribution >= 4 is 21.6 Å². The van der Waals surface area contributed by atoms with E-state index >= 15 is 0 Å². The Morgan fingerprint density at radius 3 is 2.65 bits per heavy atom. The molecule has 0 spiro atoms. The molecule has 1 fully saturated rings. The topological polar surface area (TPSA) is 78.2 Å². The smallest absolute Gasteiger partial charge is 0.242 e. The van der Waals surface area contributed by atoms with Gasteiger partial charge in [0.05, 0.1) is 22.1 Å². The molecule has 2 aliphatic heterocycles. The summed E-state index contributed by atoms with van der Waals surface area (Å²) < 4.78 is 26.0. The lowest BCUT2D eigenvalue weighted by atomic mass is 10.1. The summed E-state index contributed by atoms with van der Waals surface area (Å²) in [6.07, 6.45) is 3.98.